The second-order valence-corrected chi connectivity index (χ2v) is 5.64. The van der Waals surface area contributed by atoms with Crippen molar-refractivity contribution in [3.8, 4) is 0 Å². The largest absolute Gasteiger partial charge is 0.399 e. The lowest BCUT2D eigenvalue weighted by Gasteiger charge is -2.09. The number of rotatable bonds is 4. The van der Waals surface area contributed by atoms with Gasteiger partial charge in [-0.05, 0) is 30.7 Å². The summed E-state index contributed by atoms with van der Waals surface area (Å²) in [5.74, 6) is 0. The smallest absolute Gasteiger partial charge is 0.241 e. The fourth-order valence-corrected chi connectivity index (χ4v) is 2.62. The molecule has 16 heavy (non-hydrogen) atoms. The summed E-state index contributed by atoms with van der Waals surface area (Å²) >= 11 is 5.49. The Balaban J connectivity index is 3.03. The van der Waals surface area contributed by atoms with E-state index in [4.69, 9.17) is 17.3 Å². The Hall–Kier alpha value is -1.04. The number of aryl methyl sites for hydroxylation is 1. The number of nitrogens with one attached hydrogen (secondary N) is 1. The molecular weight excluding hydrogens is 248 g/mol. The Morgan fingerprint density at radius 1 is 1.56 bits per heavy atom. The van der Waals surface area contributed by atoms with Crippen LogP contribution >= 0.6 is 11.6 Å². The van der Waals surface area contributed by atoms with Gasteiger partial charge >= 0.3 is 0 Å². The van der Waals surface area contributed by atoms with Crippen molar-refractivity contribution in [1.82, 2.24) is 4.72 Å². The van der Waals surface area contributed by atoms with Crippen LogP contribution in [0.1, 0.15) is 5.56 Å². The molecule has 3 N–H and O–H groups in total. The van der Waals surface area contributed by atoms with Crippen LogP contribution in [-0.4, -0.2) is 15.0 Å². The van der Waals surface area contributed by atoms with E-state index in [0.717, 1.165) is 0 Å². The first-order chi connectivity index (χ1) is 7.33. The number of hydrogen-bond donors (Lipinski definition) is 2. The highest BCUT2D eigenvalue weighted by Crippen LogP contribution is 2.17. The zero-order valence-electron chi connectivity index (χ0n) is 8.83. The van der Waals surface area contributed by atoms with E-state index in [1.807, 2.05) is 0 Å². The predicted molar refractivity (Wildman–Crippen MR) is 65.8 cm³/mol. The third kappa shape index (κ3) is 3.23. The van der Waals surface area contributed by atoms with Crippen molar-refractivity contribution < 1.29 is 8.42 Å². The molecule has 0 heterocycles. The maximum atomic E-state index is 11.8. The molecule has 0 radical (unpaired) electrons. The molecule has 0 saturated heterocycles. The summed E-state index contributed by atoms with van der Waals surface area (Å²) in [7, 11) is -3.55. The third-order valence-corrected chi connectivity index (χ3v) is 3.64. The van der Waals surface area contributed by atoms with E-state index in [1.54, 1.807) is 13.0 Å². The van der Waals surface area contributed by atoms with E-state index in [0.29, 0.717) is 11.3 Å². The molecule has 0 fully saturated rings. The van der Waals surface area contributed by atoms with Crippen molar-refractivity contribution in [2.45, 2.75) is 11.8 Å². The quantitative estimate of drug-likeness (QED) is 0.808. The normalized spacial score (nSPS) is 11.4. The molecular formula is C10H13ClN2O2S. The summed E-state index contributed by atoms with van der Waals surface area (Å²) in [6.45, 7) is 5.10. The van der Waals surface area contributed by atoms with E-state index >= 15 is 0 Å². The van der Waals surface area contributed by atoms with Gasteiger partial charge in [0.05, 0.1) is 4.90 Å². The number of halogens is 1. The molecule has 0 aliphatic heterocycles. The van der Waals surface area contributed by atoms with Crippen LogP contribution in [-0.2, 0) is 10.0 Å². The number of hydrogen-bond acceptors (Lipinski definition) is 3. The number of nitrogens with two attached hydrogens (primary N) is 1. The molecule has 0 amide bonds. The SMILES string of the molecule is C=C(Cl)CNS(=O)(=O)c1ccc(N)cc1C. The monoisotopic (exact) mass is 260 g/mol. The third-order valence-electron chi connectivity index (χ3n) is 1.94. The van der Waals surface area contributed by atoms with Crippen LogP contribution in [0.25, 0.3) is 0 Å². The van der Waals surface area contributed by atoms with Gasteiger partial charge in [-0.1, -0.05) is 18.2 Å². The molecule has 6 heteroatoms. The van der Waals surface area contributed by atoms with E-state index in [2.05, 4.69) is 11.3 Å². The number of anilines is 1. The fourth-order valence-electron chi connectivity index (χ4n) is 1.23. The first kappa shape index (κ1) is 13.0. The molecule has 1 aromatic rings. The summed E-state index contributed by atoms with van der Waals surface area (Å²) in [6.07, 6.45) is 0. The van der Waals surface area contributed by atoms with E-state index in [9.17, 15) is 8.42 Å². The number of sulfonamides is 1. The molecule has 0 unspecified atom stereocenters. The Kier molecular flexibility index (Phi) is 3.96. The van der Waals surface area contributed by atoms with Crippen LogP contribution in [0.3, 0.4) is 0 Å². The maximum absolute atomic E-state index is 11.8. The van der Waals surface area contributed by atoms with Gasteiger partial charge in [0.1, 0.15) is 0 Å². The highest BCUT2D eigenvalue weighted by atomic mass is 35.5. The Morgan fingerprint density at radius 3 is 2.69 bits per heavy atom. The van der Waals surface area contributed by atoms with Crippen molar-refractivity contribution in [3.05, 3.63) is 35.4 Å². The zero-order valence-corrected chi connectivity index (χ0v) is 10.4. The standard InChI is InChI=1S/C10H13ClN2O2S/c1-7-5-9(12)3-4-10(7)16(14,15)13-6-8(2)11/h3-5,13H,2,6,12H2,1H3. The van der Waals surface area contributed by atoms with Crippen LogP contribution in [0.2, 0.25) is 0 Å². The Morgan fingerprint density at radius 2 is 2.19 bits per heavy atom. The summed E-state index contributed by atoms with van der Waals surface area (Å²) in [4.78, 5) is 0.194. The second kappa shape index (κ2) is 4.86. The van der Waals surface area contributed by atoms with Gasteiger partial charge in [-0.25, -0.2) is 13.1 Å². The lowest BCUT2D eigenvalue weighted by atomic mass is 10.2. The van der Waals surface area contributed by atoms with Crippen molar-refractivity contribution in [2.75, 3.05) is 12.3 Å². The van der Waals surface area contributed by atoms with E-state index in [-0.39, 0.29) is 16.5 Å². The Labute approximate surface area is 100 Å². The average Bonchev–Trinajstić information content (AvgIpc) is 2.14. The predicted octanol–water partition coefficient (Wildman–Crippen LogP) is 1.61. The number of nitrogen functional groups attached to an aromatic ring is 1. The van der Waals surface area contributed by atoms with Crippen molar-refractivity contribution in [2.24, 2.45) is 0 Å². The van der Waals surface area contributed by atoms with Crippen LogP contribution in [0.4, 0.5) is 5.69 Å². The van der Waals surface area contributed by atoms with Crippen LogP contribution < -0.4 is 10.5 Å². The van der Waals surface area contributed by atoms with E-state index in [1.165, 1.54) is 12.1 Å². The van der Waals surface area contributed by atoms with Crippen LogP contribution in [0.15, 0.2) is 34.7 Å². The fraction of sp³-hybridized carbons (Fsp3) is 0.200. The topological polar surface area (TPSA) is 72.2 Å². The lowest BCUT2D eigenvalue weighted by molar-refractivity contribution is 0.585. The molecule has 0 aliphatic carbocycles. The Bertz CT molecular complexity index is 512. The first-order valence-electron chi connectivity index (χ1n) is 4.52. The summed E-state index contributed by atoms with van der Waals surface area (Å²) in [5.41, 5.74) is 6.66. The molecule has 88 valence electrons. The van der Waals surface area contributed by atoms with Gasteiger partial charge in [0.25, 0.3) is 0 Å². The highest BCUT2D eigenvalue weighted by molar-refractivity contribution is 7.89. The molecule has 4 nitrogen and oxygen atoms in total. The van der Waals surface area contributed by atoms with Gasteiger partial charge in [0.2, 0.25) is 10.0 Å². The van der Waals surface area contributed by atoms with Gasteiger partial charge in [-0.3, -0.25) is 0 Å². The van der Waals surface area contributed by atoms with Crippen LogP contribution in [0.5, 0.6) is 0 Å². The van der Waals surface area contributed by atoms with Gasteiger partial charge < -0.3 is 5.73 Å². The zero-order chi connectivity index (χ0) is 12.3. The minimum atomic E-state index is -3.55. The number of benzene rings is 1. The van der Waals surface area contributed by atoms with Gasteiger partial charge in [0, 0.05) is 17.3 Å². The summed E-state index contributed by atoms with van der Waals surface area (Å²) in [6, 6.07) is 4.60. The molecule has 0 aliphatic rings. The highest BCUT2D eigenvalue weighted by Gasteiger charge is 2.16. The second-order valence-electron chi connectivity index (χ2n) is 3.37. The lowest BCUT2D eigenvalue weighted by Crippen LogP contribution is -2.25. The molecule has 0 saturated carbocycles. The van der Waals surface area contributed by atoms with Crippen molar-refractivity contribution in [3.63, 3.8) is 0 Å². The minimum Gasteiger partial charge on any atom is -0.399 e. The molecule has 0 aromatic heterocycles. The van der Waals surface area contributed by atoms with Crippen LogP contribution in [0, 0.1) is 6.92 Å². The molecule has 0 bridgehead atoms. The van der Waals surface area contributed by atoms with E-state index < -0.39 is 10.0 Å². The summed E-state index contributed by atoms with van der Waals surface area (Å²) < 4.78 is 26.0. The molecule has 0 spiro atoms. The minimum absolute atomic E-state index is 0.00764. The van der Waals surface area contributed by atoms with Crippen molar-refractivity contribution in [1.29, 1.82) is 0 Å². The van der Waals surface area contributed by atoms with Crippen molar-refractivity contribution >= 4 is 27.3 Å². The molecule has 1 rings (SSSR count). The van der Waals surface area contributed by atoms with Gasteiger partial charge in [-0.2, -0.15) is 0 Å². The average molecular weight is 261 g/mol. The van der Waals surface area contributed by atoms with Gasteiger partial charge in [-0.15, -0.1) is 0 Å². The summed E-state index contributed by atoms with van der Waals surface area (Å²) in [5, 5.41) is 0.233. The maximum Gasteiger partial charge on any atom is 0.241 e. The molecule has 1 aromatic carbocycles. The molecule has 0 atom stereocenters. The first-order valence-corrected chi connectivity index (χ1v) is 6.38. The van der Waals surface area contributed by atoms with Gasteiger partial charge in [0.15, 0.2) is 0 Å².